The standard InChI is InChI=1S/C12H8O6/c1-7(8-4-2-3-5-9(8)13)11(14)17-18-12(15)10-6-16-10/h2-6,13H,1H2. The van der Waals surface area contributed by atoms with Gasteiger partial charge in [-0.1, -0.05) is 24.8 Å². The molecule has 1 aliphatic rings. The summed E-state index contributed by atoms with van der Waals surface area (Å²) in [5.41, 5.74) is 0.0621. The molecule has 0 aromatic heterocycles. The van der Waals surface area contributed by atoms with E-state index < -0.39 is 11.9 Å². The Bertz CT molecular complexity index is 557. The van der Waals surface area contributed by atoms with Crippen LogP contribution in [-0.4, -0.2) is 17.0 Å². The number of hydrogen-bond donors (Lipinski definition) is 1. The first-order valence-corrected chi connectivity index (χ1v) is 4.87. The minimum Gasteiger partial charge on any atom is -0.507 e. The lowest BCUT2D eigenvalue weighted by atomic mass is 10.1. The highest BCUT2D eigenvalue weighted by atomic mass is 17.2. The van der Waals surface area contributed by atoms with Crippen LogP contribution < -0.4 is 0 Å². The van der Waals surface area contributed by atoms with Crippen LogP contribution in [-0.2, 0) is 24.1 Å². The van der Waals surface area contributed by atoms with Crippen LogP contribution in [0.15, 0.2) is 42.9 Å². The number of hydrogen-bond acceptors (Lipinski definition) is 6. The minimum absolute atomic E-state index is 0.0315. The first kappa shape index (κ1) is 11.7. The molecule has 0 fully saturated rings. The number of phenolic OH excluding ortho intramolecular Hbond substituents is 1. The summed E-state index contributed by atoms with van der Waals surface area (Å²) in [5.74, 6) is -2.05. The normalized spacial score (nSPS) is 11.9. The Kier molecular flexibility index (Phi) is 3.01. The summed E-state index contributed by atoms with van der Waals surface area (Å²) in [6.07, 6.45) is 1.15. The summed E-state index contributed by atoms with van der Waals surface area (Å²) in [6.45, 7) is 3.45. The third-order valence-corrected chi connectivity index (χ3v) is 2.11. The molecule has 1 N–H and O–H groups in total. The molecule has 0 saturated carbocycles. The molecule has 0 aliphatic carbocycles. The fraction of sp³-hybridized carbons (Fsp3) is 0. The van der Waals surface area contributed by atoms with Crippen LogP contribution in [0.2, 0.25) is 0 Å². The quantitative estimate of drug-likeness (QED) is 0.492. The van der Waals surface area contributed by atoms with E-state index in [0.717, 1.165) is 6.26 Å². The van der Waals surface area contributed by atoms with Gasteiger partial charge in [0.2, 0.25) is 0 Å². The molecule has 6 heteroatoms. The Balaban J connectivity index is 1.96. The van der Waals surface area contributed by atoms with Gasteiger partial charge in [0, 0.05) is 5.56 Å². The van der Waals surface area contributed by atoms with Crippen molar-refractivity contribution in [3.05, 3.63) is 48.4 Å². The summed E-state index contributed by atoms with van der Waals surface area (Å²) >= 11 is 0. The minimum atomic E-state index is -0.980. The summed E-state index contributed by atoms with van der Waals surface area (Å²) in [6, 6.07) is 6.08. The first-order chi connectivity index (χ1) is 8.59. The summed E-state index contributed by atoms with van der Waals surface area (Å²) in [4.78, 5) is 30.9. The zero-order chi connectivity index (χ0) is 13.1. The number of rotatable bonds is 3. The van der Waals surface area contributed by atoms with Crippen molar-refractivity contribution in [2.24, 2.45) is 0 Å². The van der Waals surface area contributed by atoms with Gasteiger partial charge >= 0.3 is 11.9 Å². The maximum absolute atomic E-state index is 11.5. The van der Waals surface area contributed by atoms with Gasteiger partial charge in [0.05, 0.1) is 5.57 Å². The summed E-state index contributed by atoms with van der Waals surface area (Å²) < 4.78 is 4.43. The molecule has 2 rings (SSSR count). The van der Waals surface area contributed by atoms with E-state index in [1.807, 2.05) is 0 Å². The van der Waals surface area contributed by atoms with Crippen molar-refractivity contribution in [3.8, 4) is 5.75 Å². The van der Waals surface area contributed by atoms with Gasteiger partial charge in [-0.25, -0.2) is 19.4 Å². The number of phenols is 1. The molecular formula is C12H8O6. The first-order valence-electron chi connectivity index (χ1n) is 4.87. The molecule has 0 radical (unpaired) electrons. The van der Waals surface area contributed by atoms with Gasteiger partial charge in [0.1, 0.15) is 12.0 Å². The molecule has 1 aromatic rings. The van der Waals surface area contributed by atoms with E-state index in [9.17, 15) is 14.7 Å². The summed E-state index contributed by atoms with van der Waals surface area (Å²) in [7, 11) is 0. The van der Waals surface area contributed by atoms with Crippen molar-refractivity contribution in [2.45, 2.75) is 0 Å². The topological polar surface area (TPSA) is 85.4 Å². The van der Waals surface area contributed by atoms with Gasteiger partial charge in [-0.15, -0.1) is 0 Å². The maximum atomic E-state index is 11.5. The second kappa shape index (κ2) is 4.62. The van der Waals surface area contributed by atoms with Gasteiger partial charge in [-0.3, -0.25) is 0 Å². The maximum Gasteiger partial charge on any atom is 0.424 e. The molecule has 6 nitrogen and oxygen atoms in total. The summed E-state index contributed by atoms with van der Waals surface area (Å²) in [5, 5.41) is 9.50. The highest BCUT2D eigenvalue weighted by Crippen LogP contribution is 2.24. The van der Waals surface area contributed by atoms with Crippen molar-refractivity contribution in [1.29, 1.82) is 0 Å². The van der Waals surface area contributed by atoms with E-state index in [1.165, 1.54) is 12.1 Å². The largest absolute Gasteiger partial charge is 0.507 e. The number of carbonyl (C=O) groups excluding carboxylic acids is 2. The number of carbonyl (C=O) groups is 2. The molecule has 0 atom stereocenters. The van der Waals surface area contributed by atoms with Crippen LogP contribution in [0.5, 0.6) is 5.75 Å². The molecule has 92 valence electrons. The van der Waals surface area contributed by atoms with Crippen molar-refractivity contribution in [1.82, 2.24) is 0 Å². The molecule has 0 saturated heterocycles. The van der Waals surface area contributed by atoms with E-state index >= 15 is 0 Å². The Morgan fingerprint density at radius 3 is 2.50 bits per heavy atom. The average molecular weight is 248 g/mol. The molecule has 0 unspecified atom stereocenters. The molecular weight excluding hydrogens is 240 g/mol. The zero-order valence-electron chi connectivity index (χ0n) is 9.08. The molecule has 0 bridgehead atoms. The van der Waals surface area contributed by atoms with Gasteiger partial charge in [-0.05, 0) is 6.07 Å². The fourth-order valence-electron chi connectivity index (χ4n) is 1.13. The van der Waals surface area contributed by atoms with Crippen LogP contribution in [0.3, 0.4) is 0 Å². The molecule has 18 heavy (non-hydrogen) atoms. The lowest BCUT2D eigenvalue weighted by Gasteiger charge is -2.05. The van der Waals surface area contributed by atoms with Crippen molar-refractivity contribution in [2.75, 3.05) is 0 Å². The van der Waals surface area contributed by atoms with E-state index in [2.05, 4.69) is 21.1 Å². The smallest absolute Gasteiger partial charge is 0.424 e. The van der Waals surface area contributed by atoms with Crippen molar-refractivity contribution >= 4 is 17.5 Å². The Hall–Kier alpha value is -2.76. The van der Waals surface area contributed by atoms with Crippen LogP contribution in [0, 0.1) is 0 Å². The Morgan fingerprint density at radius 1 is 1.22 bits per heavy atom. The SMILES string of the molecule is C=C(C(=O)OOC(=O)C1=CO1)c1ccccc1O. The zero-order valence-corrected chi connectivity index (χ0v) is 9.08. The lowest BCUT2D eigenvalue weighted by Crippen LogP contribution is -2.11. The van der Waals surface area contributed by atoms with Crippen LogP contribution in [0.4, 0.5) is 0 Å². The predicted octanol–water partition coefficient (Wildman–Crippen LogP) is 1.28. The molecule has 1 heterocycles. The Labute approximate surface area is 102 Å². The molecule has 1 aromatic carbocycles. The van der Waals surface area contributed by atoms with E-state index in [-0.39, 0.29) is 22.6 Å². The number of para-hydroxylation sites is 1. The highest BCUT2D eigenvalue weighted by molar-refractivity contribution is 6.16. The van der Waals surface area contributed by atoms with Crippen LogP contribution >= 0.6 is 0 Å². The van der Waals surface area contributed by atoms with Gasteiger partial charge in [0.15, 0.2) is 0 Å². The highest BCUT2D eigenvalue weighted by Gasteiger charge is 2.26. The van der Waals surface area contributed by atoms with Crippen molar-refractivity contribution < 1.29 is 29.2 Å². The van der Waals surface area contributed by atoms with E-state index in [4.69, 9.17) is 0 Å². The molecule has 0 amide bonds. The third-order valence-electron chi connectivity index (χ3n) is 2.11. The van der Waals surface area contributed by atoms with Crippen molar-refractivity contribution in [3.63, 3.8) is 0 Å². The van der Waals surface area contributed by atoms with Gasteiger partial charge in [-0.2, -0.15) is 0 Å². The van der Waals surface area contributed by atoms with E-state index in [0.29, 0.717) is 0 Å². The monoisotopic (exact) mass is 248 g/mol. The molecule has 0 spiro atoms. The lowest BCUT2D eigenvalue weighted by molar-refractivity contribution is -0.251. The number of ether oxygens (including phenoxy) is 1. The number of aromatic hydroxyl groups is 1. The number of benzene rings is 1. The predicted molar refractivity (Wildman–Crippen MR) is 58.5 cm³/mol. The van der Waals surface area contributed by atoms with Gasteiger partial charge < -0.3 is 9.84 Å². The third kappa shape index (κ3) is 2.49. The van der Waals surface area contributed by atoms with Gasteiger partial charge in [0.25, 0.3) is 5.76 Å². The van der Waals surface area contributed by atoms with Crippen LogP contribution in [0.25, 0.3) is 5.57 Å². The van der Waals surface area contributed by atoms with Crippen LogP contribution in [0.1, 0.15) is 5.56 Å². The average Bonchev–Trinajstić information content (AvgIpc) is 3.19. The van der Waals surface area contributed by atoms with E-state index in [1.54, 1.807) is 12.1 Å². The fourth-order valence-corrected chi connectivity index (χ4v) is 1.13. The second-order valence-corrected chi connectivity index (χ2v) is 3.34. The Morgan fingerprint density at radius 2 is 1.89 bits per heavy atom. The molecule has 1 aliphatic heterocycles. The second-order valence-electron chi connectivity index (χ2n) is 3.34.